The van der Waals surface area contributed by atoms with Crippen molar-refractivity contribution >= 4 is 18.3 Å². The molecule has 1 fully saturated rings. The molecule has 0 aromatic heterocycles. The second-order valence-corrected chi connectivity index (χ2v) is 6.80. The molecule has 0 aliphatic carbocycles. The number of amides is 1. The van der Waals surface area contributed by atoms with E-state index in [9.17, 15) is 4.79 Å². The van der Waals surface area contributed by atoms with Crippen molar-refractivity contribution in [1.29, 1.82) is 0 Å². The number of nitrogens with one attached hydrogen (secondary N) is 1. The summed E-state index contributed by atoms with van der Waals surface area (Å²) in [6, 6.07) is 8.44. The summed E-state index contributed by atoms with van der Waals surface area (Å²) in [5.74, 6) is 0.572. The standard InChI is InChI=1S/C18H28N2O2.ClH/c1-13(2)12-15-4-6-16(7-5-15)14(3)20-17(21)18(19)8-10-22-11-9-18;/h4-7,13-14H,8-12,19H2,1-3H3,(H,20,21);1H. The molecule has 4 nitrogen and oxygen atoms in total. The zero-order valence-electron chi connectivity index (χ0n) is 14.3. The number of rotatable bonds is 5. The van der Waals surface area contributed by atoms with Crippen LogP contribution in [0, 0.1) is 5.92 Å². The van der Waals surface area contributed by atoms with Crippen LogP contribution in [-0.2, 0) is 16.0 Å². The van der Waals surface area contributed by atoms with E-state index in [2.05, 4.69) is 43.4 Å². The number of ether oxygens (including phenoxy) is 1. The van der Waals surface area contributed by atoms with Gasteiger partial charge in [0.05, 0.1) is 11.6 Å². The van der Waals surface area contributed by atoms with Gasteiger partial charge in [-0.25, -0.2) is 0 Å². The topological polar surface area (TPSA) is 64.4 Å². The lowest BCUT2D eigenvalue weighted by molar-refractivity contribution is -0.130. The number of halogens is 1. The predicted octanol–water partition coefficient (Wildman–Crippen LogP) is 2.99. The van der Waals surface area contributed by atoms with Gasteiger partial charge in [0.2, 0.25) is 5.91 Å². The molecule has 0 radical (unpaired) electrons. The Morgan fingerprint density at radius 3 is 2.30 bits per heavy atom. The van der Waals surface area contributed by atoms with Gasteiger partial charge in [-0.15, -0.1) is 12.4 Å². The van der Waals surface area contributed by atoms with Crippen molar-refractivity contribution in [2.45, 2.75) is 51.6 Å². The van der Waals surface area contributed by atoms with Crippen LogP contribution in [0.3, 0.4) is 0 Å². The number of nitrogens with two attached hydrogens (primary N) is 1. The Labute approximate surface area is 145 Å². The van der Waals surface area contributed by atoms with E-state index in [0.717, 1.165) is 12.0 Å². The second kappa shape index (κ2) is 8.67. The SMILES string of the molecule is CC(C)Cc1ccc(C(C)NC(=O)C2(N)CCOCC2)cc1.Cl. The number of carbonyl (C=O) groups excluding carboxylic acids is 1. The molecule has 1 saturated heterocycles. The molecule has 1 aliphatic heterocycles. The van der Waals surface area contributed by atoms with Crippen LogP contribution in [0.5, 0.6) is 0 Å². The molecular weight excluding hydrogens is 312 g/mol. The van der Waals surface area contributed by atoms with Crippen LogP contribution in [-0.4, -0.2) is 24.7 Å². The highest BCUT2D eigenvalue weighted by atomic mass is 35.5. The van der Waals surface area contributed by atoms with Crippen LogP contribution in [0.2, 0.25) is 0 Å². The Morgan fingerprint density at radius 1 is 1.22 bits per heavy atom. The molecule has 1 amide bonds. The van der Waals surface area contributed by atoms with E-state index in [1.54, 1.807) is 0 Å². The maximum atomic E-state index is 12.4. The second-order valence-electron chi connectivity index (χ2n) is 6.80. The van der Waals surface area contributed by atoms with Crippen LogP contribution in [0.4, 0.5) is 0 Å². The normalized spacial score (nSPS) is 18.1. The average Bonchev–Trinajstić information content (AvgIpc) is 2.48. The van der Waals surface area contributed by atoms with E-state index in [1.807, 2.05) is 6.92 Å². The fraction of sp³-hybridized carbons (Fsp3) is 0.611. The summed E-state index contributed by atoms with van der Waals surface area (Å²) in [4.78, 5) is 12.4. The molecular formula is C18H29ClN2O2. The summed E-state index contributed by atoms with van der Waals surface area (Å²) in [7, 11) is 0. The summed E-state index contributed by atoms with van der Waals surface area (Å²) in [5.41, 5.74) is 7.87. The first-order valence-corrected chi connectivity index (χ1v) is 8.17. The molecule has 1 heterocycles. The first kappa shape index (κ1) is 19.9. The third kappa shape index (κ3) is 5.48. The Bertz CT molecular complexity index is 496. The van der Waals surface area contributed by atoms with E-state index < -0.39 is 5.54 Å². The number of hydrogen-bond acceptors (Lipinski definition) is 3. The molecule has 1 atom stereocenters. The van der Waals surface area contributed by atoms with Crippen molar-refractivity contribution in [3.05, 3.63) is 35.4 Å². The van der Waals surface area contributed by atoms with Crippen LogP contribution in [0.1, 0.15) is 50.8 Å². The minimum Gasteiger partial charge on any atom is -0.381 e. The quantitative estimate of drug-likeness (QED) is 0.866. The molecule has 0 bridgehead atoms. The van der Waals surface area contributed by atoms with Crippen LogP contribution in [0.25, 0.3) is 0 Å². The van der Waals surface area contributed by atoms with Crippen LogP contribution < -0.4 is 11.1 Å². The summed E-state index contributed by atoms with van der Waals surface area (Å²) in [5, 5.41) is 3.05. The lowest BCUT2D eigenvalue weighted by atomic mass is 9.90. The van der Waals surface area contributed by atoms with Gasteiger partial charge in [-0.1, -0.05) is 38.1 Å². The highest BCUT2D eigenvalue weighted by molar-refractivity contribution is 5.86. The number of hydrogen-bond donors (Lipinski definition) is 2. The molecule has 1 unspecified atom stereocenters. The van der Waals surface area contributed by atoms with E-state index in [-0.39, 0.29) is 24.4 Å². The zero-order valence-corrected chi connectivity index (χ0v) is 15.1. The highest BCUT2D eigenvalue weighted by Gasteiger charge is 2.36. The van der Waals surface area contributed by atoms with Gasteiger partial charge in [0, 0.05) is 13.2 Å². The maximum absolute atomic E-state index is 12.4. The molecule has 1 aromatic carbocycles. The monoisotopic (exact) mass is 340 g/mol. The van der Waals surface area contributed by atoms with Crippen molar-refractivity contribution in [1.82, 2.24) is 5.32 Å². The average molecular weight is 341 g/mol. The third-order valence-corrected chi connectivity index (χ3v) is 4.31. The van der Waals surface area contributed by atoms with E-state index in [4.69, 9.17) is 10.5 Å². The molecule has 5 heteroatoms. The fourth-order valence-corrected chi connectivity index (χ4v) is 2.80. The first-order chi connectivity index (χ1) is 10.4. The maximum Gasteiger partial charge on any atom is 0.240 e. The molecule has 0 saturated carbocycles. The Balaban J connectivity index is 0.00000264. The van der Waals surface area contributed by atoms with Crippen molar-refractivity contribution in [2.24, 2.45) is 11.7 Å². The molecule has 23 heavy (non-hydrogen) atoms. The number of benzene rings is 1. The minimum atomic E-state index is -0.788. The van der Waals surface area contributed by atoms with Crippen LogP contribution in [0.15, 0.2) is 24.3 Å². The van der Waals surface area contributed by atoms with E-state index >= 15 is 0 Å². The van der Waals surface area contributed by atoms with Gasteiger partial charge in [-0.3, -0.25) is 4.79 Å². The fourth-order valence-electron chi connectivity index (χ4n) is 2.80. The van der Waals surface area contributed by atoms with E-state index in [0.29, 0.717) is 32.0 Å². The zero-order chi connectivity index (χ0) is 16.2. The summed E-state index contributed by atoms with van der Waals surface area (Å²) >= 11 is 0. The number of carbonyl (C=O) groups is 1. The van der Waals surface area contributed by atoms with Crippen molar-refractivity contribution in [3.8, 4) is 0 Å². The predicted molar refractivity (Wildman–Crippen MR) is 95.8 cm³/mol. The van der Waals surface area contributed by atoms with Crippen molar-refractivity contribution in [2.75, 3.05) is 13.2 Å². The smallest absolute Gasteiger partial charge is 0.240 e. The summed E-state index contributed by atoms with van der Waals surface area (Å²) in [6.07, 6.45) is 2.24. The molecule has 1 aliphatic rings. The van der Waals surface area contributed by atoms with Crippen LogP contribution >= 0.6 is 12.4 Å². The lowest BCUT2D eigenvalue weighted by Crippen LogP contribution is -2.57. The van der Waals surface area contributed by atoms with Crippen molar-refractivity contribution < 1.29 is 9.53 Å². The van der Waals surface area contributed by atoms with Gasteiger partial charge in [-0.05, 0) is 43.2 Å². The first-order valence-electron chi connectivity index (χ1n) is 8.17. The van der Waals surface area contributed by atoms with Gasteiger partial charge in [0.1, 0.15) is 0 Å². The summed E-state index contributed by atoms with van der Waals surface area (Å²) < 4.78 is 5.29. The van der Waals surface area contributed by atoms with Gasteiger partial charge in [0.15, 0.2) is 0 Å². The Hall–Kier alpha value is -1.10. The van der Waals surface area contributed by atoms with Gasteiger partial charge in [-0.2, -0.15) is 0 Å². The molecule has 130 valence electrons. The largest absolute Gasteiger partial charge is 0.381 e. The molecule has 0 spiro atoms. The highest BCUT2D eigenvalue weighted by Crippen LogP contribution is 2.21. The Kier molecular flexibility index (Phi) is 7.52. The molecule has 3 N–H and O–H groups in total. The van der Waals surface area contributed by atoms with Gasteiger partial charge >= 0.3 is 0 Å². The molecule has 1 aromatic rings. The lowest BCUT2D eigenvalue weighted by Gasteiger charge is -2.33. The minimum absolute atomic E-state index is 0. The van der Waals surface area contributed by atoms with E-state index in [1.165, 1.54) is 5.56 Å². The third-order valence-electron chi connectivity index (χ3n) is 4.31. The van der Waals surface area contributed by atoms with Gasteiger partial charge < -0.3 is 15.8 Å². The summed E-state index contributed by atoms with van der Waals surface area (Å²) in [6.45, 7) is 7.54. The van der Waals surface area contributed by atoms with Crippen molar-refractivity contribution in [3.63, 3.8) is 0 Å². The Morgan fingerprint density at radius 2 is 1.78 bits per heavy atom. The molecule has 2 rings (SSSR count). The van der Waals surface area contributed by atoms with Gasteiger partial charge in [0.25, 0.3) is 0 Å².